The van der Waals surface area contributed by atoms with Crippen molar-refractivity contribution in [3.05, 3.63) is 24.0 Å². The second kappa shape index (κ2) is 4.48. The van der Waals surface area contributed by atoms with Crippen LogP contribution in [0.3, 0.4) is 0 Å². The van der Waals surface area contributed by atoms with Gasteiger partial charge in [-0.2, -0.15) is 0 Å². The van der Waals surface area contributed by atoms with Gasteiger partial charge >= 0.3 is 0 Å². The molecule has 1 aliphatic carbocycles. The van der Waals surface area contributed by atoms with Gasteiger partial charge in [0.05, 0.1) is 12.6 Å². The molecule has 19 heavy (non-hydrogen) atoms. The fourth-order valence-corrected chi connectivity index (χ4v) is 4.29. The Morgan fingerprint density at radius 2 is 1.68 bits per heavy atom. The summed E-state index contributed by atoms with van der Waals surface area (Å²) < 4.78 is 5.46. The molecule has 3 nitrogen and oxygen atoms in total. The second-order valence-electron chi connectivity index (χ2n) is 7.57. The summed E-state index contributed by atoms with van der Waals surface area (Å²) in [5.74, 6) is 0.804. The van der Waals surface area contributed by atoms with Gasteiger partial charge in [-0.15, -0.1) is 0 Å². The molecule has 0 spiro atoms. The van der Waals surface area contributed by atoms with Gasteiger partial charge in [0.1, 0.15) is 11.4 Å². The molecule has 1 heterocycles. The van der Waals surface area contributed by atoms with Crippen molar-refractivity contribution in [3.8, 4) is 5.75 Å². The Morgan fingerprint density at radius 3 is 2.21 bits per heavy atom. The SMILES string of the molecule is COc1cccnc1C1(N)CC(C)(C)CC(C)(C)C1. The average molecular weight is 262 g/mol. The first-order chi connectivity index (χ1) is 8.68. The summed E-state index contributed by atoms with van der Waals surface area (Å²) in [6.07, 6.45) is 4.88. The number of hydrogen-bond acceptors (Lipinski definition) is 3. The zero-order valence-electron chi connectivity index (χ0n) is 12.8. The monoisotopic (exact) mass is 262 g/mol. The number of nitrogens with two attached hydrogens (primary N) is 1. The molecule has 0 unspecified atom stereocenters. The minimum atomic E-state index is -0.405. The Bertz CT molecular complexity index is 450. The fourth-order valence-electron chi connectivity index (χ4n) is 4.29. The van der Waals surface area contributed by atoms with Crippen LogP contribution in [0.4, 0.5) is 0 Å². The quantitative estimate of drug-likeness (QED) is 0.887. The van der Waals surface area contributed by atoms with Gasteiger partial charge in [0, 0.05) is 6.20 Å². The second-order valence-corrected chi connectivity index (χ2v) is 7.57. The van der Waals surface area contributed by atoms with Crippen LogP contribution < -0.4 is 10.5 Å². The smallest absolute Gasteiger partial charge is 0.142 e. The third-order valence-corrected chi connectivity index (χ3v) is 4.01. The molecule has 1 aliphatic rings. The van der Waals surface area contributed by atoms with E-state index in [2.05, 4.69) is 32.7 Å². The Labute approximate surface area is 116 Å². The standard InChI is InChI=1S/C16H26N2O/c1-14(2)9-15(3,4)11-16(17,10-14)13-12(19-5)7-6-8-18-13/h6-8H,9-11,17H2,1-5H3. The number of nitrogens with zero attached hydrogens (tertiary/aromatic N) is 1. The van der Waals surface area contributed by atoms with Gasteiger partial charge in [0.2, 0.25) is 0 Å². The van der Waals surface area contributed by atoms with Crippen molar-refractivity contribution in [2.45, 2.75) is 52.5 Å². The maximum atomic E-state index is 6.77. The molecule has 0 aliphatic heterocycles. The van der Waals surface area contributed by atoms with Crippen molar-refractivity contribution < 1.29 is 4.74 Å². The molecule has 0 radical (unpaired) electrons. The molecule has 0 saturated heterocycles. The maximum Gasteiger partial charge on any atom is 0.142 e. The number of methoxy groups -OCH3 is 1. The lowest BCUT2D eigenvalue weighted by Gasteiger charge is -2.50. The lowest BCUT2D eigenvalue weighted by atomic mass is 9.58. The summed E-state index contributed by atoms with van der Waals surface area (Å²) in [6.45, 7) is 9.19. The van der Waals surface area contributed by atoms with Crippen LogP contribution in [0.15, 0.2) is 18.3 Å². The van der Waals surface area contributed by atoms with Gasteiger partial charge in [0.25, 0.3) is 0 Å². The Kier molecular flexibility index (Phi) is 3.38. The van der Waals surface area contributed by atoms with E-state index in [1.807, 2.05) is 12.1 Å². The summed E-state index contributed by atoms with van der Waals surface area (Å²) in [7, 11) is 1.68. The molecule has 1 saturated carbocycles. The maximum absolute atomic E-state index is 6.77. The van der Waals surface area contributed by atoms with E-state index in [9.17, 15) is 0 Å². The van der Waals surface area contributed by atoms with E-state index in [-0.39, 0.29) is 10.8 Å². The van der Waals surface area contributed by atoms with Crippen molar-refractivity contribution in [2.75, 3.05) is 7.11 Å². The minimum absolute atomic E-state index is 0.221. The van der Waals surface area contributed by atoms with Crippen LogP contribution in [0.5, 0.6) is 5.75 Å². The van der Waals surface area contributed by atoms with Gasteiger partial charge in [-0.1, -0.05) is 27.7 Å². The fraction of sp³-hybridized carbons (Fsp3) is 0.688. The Hall–Kier alpha value is -1.09. The van der Waals surface area contributed by atoms with E-state index >= 15 is 0 Å². The molecule has 0 aromatic carbocycles. The zero-order chi connectivity index (χ0) is 14.3. The topological polar surface area (TPSA) is 48.1 Å². The van der Waals surface area contributed by atoms with Gasteiger partial charge in [-0.05, 0) is 42.2 Å². The molecule has 1 aromatic heterocycles. The first kappa shape index (κ1) is 14.3. The summed E-state index contributed by atoms with van der Waals surface area (Å²) in [5.41, 5.74) is 7.70. The van der Waals surface area contributed by atoms with Crippen LogP contribution in [0.1, 0.15) is 52.7 Å². The number of hydrogen-bond donors (Lipinski definition) is 1. The lowest BCUT2D eigenvalue weighted by Crippen LogP contribution is -2.50. The van der Waals surface area contributed by atoms with Gasteiger partial charge in [-0.25, -0.2) is 0 Å². The van der Waals surface area contributed by atoms with Crippen molar-refractivity contribution in [2.24, 2.45) is 16.6 Å². The van der Waals surface area contributed by atoms with Crippen molar-refractivity contribution in [1.82, 2.24) is 4.98 Å². The summed E-state index contributed by atoms with van der Waals surface area (Å²) in [5, 5.41) is 0. The van der Waals surface area contributed by atoms with Crippen LogP contribution in [-0.4, -0.2) is 12.1 Å². The zero-order valence-corrected chi connectivity index (χ0v) is 12.8. The van der Waals surface area contributed by atoms with Crippen molar-refractivity contribution in [3.63, 3.8) is 0 Å². The van der Waals surface area contributed by atoms with E-state index < -0.39 is 5.54 Å². The van der Waals surface area contributed by atoms with Crippen molar-refractivity contribution >= 4 is 0 Å². The summed E-state index contributed by atoms with van der Waals surface area (Å²) in [6, 6.07) is 3.84. The van der Waals surface area contributed by atoms with E-state index in [4.69, 9.17) is 10.5 Å². The molecule has 0 amide bonds. The number of aromatic nitrogens is 1. The highest BCUT2D eigenvalue weighted by Crippen LogP contribution is 2.53. The lowest BCUT2D eigenvalue weighted by molar-refractivity contribution is 0.0438. The molecular weight excluding hydrogens is 236 g/mol. The Balaban J connectivity index is 2.46. The number of ether oxygens (including phenoxy) is 1. The molecule has 106 valence electrons. The van der Waals surface area contributed by atoms with E-state index in [1.54, 1.807) is 13.3 Å². The first-order valence-electron chi connectivity index (χ1n) is 6.96. The summed E-state index contributed by atoms with van der Waals surface area (Å²) >= 11 is 0. The average Bonchev–Trinajstić information content (AvgIpc) is 2.24. The Morgan fingerprint density at radius 1 is 1.11 bits per heavy atom. The van der Waals surface area contributed by atoms with Crippen LogP contribution in [0.25, 0.3) is 0 Å². The van der Waals surface area contributed by atoms with Crippen LogP contribution >= 0.6 is 0 Å². The minimum Gasteiger partial charge on any atom is -0.495 e. The number of pyridine rings is 1. The third-order valence-electron chi connectivity index (χ3n) is 4.01. The van der Waals surface area contributed by atoms with Crippen LogP contribution in [0, 0.1) is 10.8 Å². The molecule has 2 rings (SSSR count). The van der Waals surface area contributed by atoms with E-state index in [1.165, 1.54) is 6.42 Å². The molecule has 0 bridgehead atoms. The molecule has 0 atom stereocenters. The molecule has 2 N–H and O–H groups in total. The van der Waals surface area contributed by atoms with Crippen LogP contribution in [0.2, 0.25) is 0 Å². The predicted molar refractivity (Wildman–Crippen MR) is 78.1 cm³/mol. The first-order valence-corrected chi connectivity index (χ1v) is 6.96. The highest BCUT2D eigenvalue weighted by atomic mass is 16.5. The molecular formula is C16H26N2O. The molecule has 1 fully saturated rings. The van der Waals surface area contributed by atoms with E-state index in [0.717, 1.165) is 24.3 Å². The van der Waals surface area contributed by atoms with Gasteiger partial charge < -0.3 is 10.5 Å². The van der Waals surface area contributed by atoms with Crippen LogP contribution in [-0.2, 0) is 5.54 Å². The molecule has 1 aromatic rings. The van der Waals surface area contributed by atoms with Gasteiger partial charge in [0.15, 0.2) is 0 Å². The van der Waals surface area contributed by atoms with Gasteiger partial charge in [-0.3, -0.25) is 4.98 Å². The predicted octanol–water partition coefficient (Wildman–Crippen LogP) is 3.48. The molecule has 3 heteroatoms. The normalized spacial score (nSPS) is 23.9. The highest BCUT2D eigenvalue weighted by molar-refractivity contribution is 5.34. The van der Waals surface area contributed by atoms with Crippen molar-refractivity contribution in [1.29, 1.82) is 0 Å². The third kappa shape index (κ3) is 2.92. The largest absolute Gasteiger partial charge is 0.495 e. The highest BCUT2D eigenvalue weighted by Gasteiger charge is 2.47. The van der Waals surface area contributed by atoms with E-state index in [0.29, 0.717) is 0 Å². The summed E-state index contributed by atoms with van der Waals surface area (Å²) in [4.78, 5) is 4.53. The number of rotatable bonds is 2.